The van der Waals surface area contributed by atoms with Gasteiger partial charge in [-0.05, 0) is 45.7 Å². The molecule has 0 aliphatic carbocycles. The minimum absolute atomic E-state index is 0.136. The zero-order chi connectivity index (χ0) is 19.8. The van der Waals surface area contributed by atoms with Crippen molar-refractivity contribution in [3.63, 3.8) is 0 Å². The fourth-order valence-corrected chi connectivity index (χ4v) is 4.47. The summed E-state index contributed by atoms with van der Waals surface area (Å²) in [4.78, 5) is 15.3. The molecule has 0 bridgehead atoms. The molecule has 2 aliphatic rings. The Morgan fingerprint density at radius 1 is 1.00 bits per heavy atom. The van der Waals surface area contributed by atoms with E-state index in [9.17, 15) is 4.79 Å². The van der Waals surface area contributed by atoms with Crippen molar-refractivity contribution in [3.05, 3.63) is 53.6 Å². The summed E-state index contributed by atoms with van der Waals surface area (Å²) in [6.45, 7) is 11.0. The zero-order valence-electron chi connectivity index (χ0n) is 16.9. The van der Waals surface area contributed by atoms with Crippen LogP contribution in [0.3, 0.4) is 0 Å². The molecule has 5 nitrogen and oxygen atoms in total. The first-order valence-corrected chi connectivity index (χ1v) is 9.71. The van der Waals surface area contributed by atoms with Crippen LogP contribution in [-0.2, 0) is 22.3 Å². The van der Waals surface area contributed by atoms with Crippen molar-refractivity contribution in [1.29, 1.82) is 0 Å². The van der Waals surface area contributed by atoms with Crippen LogP contribution in [0.1, 0.15) is 45.7 Å². The number of benzene rings is 2. The van der Waals surface area contributed by atoms with Crippen molar-refractivity contribution < 1.29 is 4.79 Å². The molecule has 1 aromatic heterocycles. The van der Waals surface area contributed by atoms with Gasteiger partial charge in [0.2, 0.25) is 5.91 Å². The van der Waals surface area contributed by atoms with E-state index >= 15 is 0 Å². The third-order valence-corrected chi connectivity index (χ3v) is 5.92. The molecular formula is C23H24N4O. The van der Waals surface area contributed by atoms with Gasteiger partial charge in [0, 0.05) is 11.1 Å². The second-order valence-electron chi connectivity index (χ2n) is 9.24. The van der Waals surface area contributed by atoms with Gasteiger partial charge in [-0.25, -0.2) is 4.68 Å². The minimum atomic E-state index is -0.551. The number of hydrogen-bond donors (Lipinski definition) is 0. The first kappa shape index (κ1) is 17.2. The van der Waals surface area contributed by atoms with E-state index in [0.29, 0.717) is 6.54 Å². The molecule has 0 saturated carbocycles. The zero-order valence-corrected chi connectivity index (χ0v) is 16.9. The SMILES string of the molecule is CC1(C)C(=O)N2Cc3ccccc3-c3c(nnn3C(C)(C)C)-c3cccc1c32. The number of amides is 1. The van der Waals surface area contributed by atoms with Crippen LogP contribution in [0, 0.1) is 0 Å². The van der Waals surface area contributed by atoms with E-state index in [-0.39, 0.29) is 11.4 Å². The molecule has 5 heteroatoms. The molecule has 0 radical (unpaired) electrons. The molecule has 2 aromatic carbocycles. The lowest BCUT2D eigenvalue weighted by Crippen LogP contribution is -2.36. The van der Waals surface area contributed by atoms with Crippen LogP contribution in [0.25, 0.3) is 22.5 Å². The van der Waals surface area contributed by atoms with Gasteiger partial charge in [-0.1, -0.05) is 47.7 Å². The van der Waals surface area contributed by atoms with Crippen LogP contribution < -0.4 is 4.90 Å². The standard InChI is InChI=1S/C23H24N4O/c1-22(2,3)27-20-15-10-7-6-9-14(15)13-26-19-16(18(20)24-25-27)11-8-12-17(19)23(4,5)21(26)28/h6-12H,13H2,1-5H3. The largest absolute Gasteiger partial charge is 0.306 e. The molecular weight excluding hydrogens is 348 g/mol. The van der Waals surface area contributed by atoms with Crippen molar-refractivity contribution in [2.24, 2.45) is 0 Å². The maximum atomic E-state index is 13.3. The number of fused-ring (bicyclic) bond motifs is 4. The Labute approximate surface area is 165 Å². The van der Waals surface area contributed by atoms with Gasteiger partial charge in [-0.15, -0.1) is 5.10 Å². The Balaban J connectivity index is 1.93. The highest BCUT2D eigenvalue weighted by Gasteiger charge is 2.46. The smallest absolute Gasteiger partial charge is 0.237 e. The van der Waals surface area contributed by atoms with E-state index in [1.54, 1.807) is 0 Å². The van der Waals surface area contributed by atoms with Crippen LogP contribution >= 0.6 is 0 Å². The van der Waals surface area contributed by atoms with E-state index in [2.05, 4.69) is 55.3 Å². The molecule has 28 heavy (non-hydrogen) atoms. The van der Waals surface area contributed by atoms with E-state index in [0.717, 1.165) is 39.3 Å². The summed E-state index contributed by atoms with van der Waals surface area (Å²) in [5, 5.41) is 9.16. The van der Waals surface area contributed by atoms with E-state index in [1.807, 2.05) is 41.6 Å². The molecule has 0 atom stereocenters. The normalized spacial score (nSPS) is 16.9. The quantitative estimate of drug-likeness (QED) is 0.584. The lowest BCUT2D eigenvalue weighted by molar-refractivity contribution is -0.122. The highest BCUT2D eigenvalue weighted by atomic mass is 16.2. The van der Waals surface area contributed by atoms with Crippen LogP contribution in [0.2, 0.25) is 0 Å². The lowest BCUT2D eigenvalue weighted by Gasteiger charge is -2.27. The first-order chi connectivity index (χ1) is 13.2. The topological polar surface area (TPSA) is 51.0 Å². The van der Waals surface area contributed by atoms with Gasteiger partial charge >= 0.3 is 0 Å². The Morgan fingerprint density at radius 3 is 2.46 bits per heavy atom. The summed E-state index contributed by atoms with van der Waals surface area (Å²) >= 11 is 0. The molecule has 0 unspecified atom stereocenters. The second-order valence-corrected chi connectivity index (χ2v) is 9.24. The number of nitrogens with zero attached hydrogens (tertiary/aromatic N) is 4. The number of carbonyl (C=O) groups excluding carboxylic acids is 1. The van der Waals surface area contributed by atoms with Crippen LogP contribution in [-0.4, -0.2) is 20.9 Å². The number of anilines is 1. The summed E-state index contributed by atoms with van der Waals surface area (Å²) in [6.07, 6.45) is 0. The Morgan fingerprint density at radius 2 is 1.71 bits per heavy atom. The fraction of sp³-hybridized carbons (Fsp3) is 0.348. The Kier molecular flexibility index (Phi) is 3.26. The van der Waals surface area contributed by atoms with Crippen LogP contribution in [0.4, 0.5) is 5.69 Å². The monoisotopic (exact) mass is 372 g/mol. The number of carbonyl (C=O) groups is 1. The molecule has 0 N–H and O–H groups in total. The minimum Gasteiger partial charge on any atom is -0.306 e. The van der Waals surface area contributed by atoms with E-state index in [4.69, 9.17) is 0 Å². The lowest BCUT2D eigenvalue weighted by atomic mass is 9.85. The van der Waals surface area contributed by atoms with Crippen molar-refractivity contribution >= 4 is 11.6 Å². The van der Waals surface area contributed by atoms with Crippen LogP contribution in [0.5, 0.6) is 0 Å². The average molecular weight is 372 g/mol. The second kappa shape index (κ2) is 5.31. The molecule has 3 aromatic rings. The number of para-hydroxylation sites is 1. The predicted molar refractivity (Wildman–Crippen MR) is 110 cm³/mol. The Hall–Kier alpha value is -2.95. The Bertz CT molecular complexity index is 1130. The number of rotatable bonds is 0. The highest BCUT2D eigenvalue weighted by molar-refractivity contribution is 6.11. The van der Waals surface area contributed by atoms with Gasteiger partial charge in [0.15, 0.2) is 0 Å². The average Bonchev–Trinajstić information content (AvgIpc) is 3.15. The van der Waals surface area contributed by atoms with Gasteiger partial charge in [0.1, 0.15) is 5.69 Å². The summed E-state index contributed by atoms with van der Waals surface area (Å²) in [6, 6.07) is 14.4. The molecule has 3 heterocycles. The predicted octanol–water partition coefficient (Wildman–Crippen LogP) is 4.50. The molecule has 0 spiro atoms. The third-order valence-electron chi connectivity index (χ3n) is 5.92. The van der Waals surface area contributed by atoms with Gasteiger partial charge in [0.25, 0.3) is 0 Å². The van der Waals surface area contributed by atoms with Crippen molar-refractivity contribution in [2.45, 2.75) is 52.1 Å². The summed E-state index contributed by atoms with van der Waals surface area (Å²) in [5.41, 5.74) is 6.33. The molecule has 1 amide bonds. The fourth-order valence-electron chi connectivity index (χ4n) is 4.47. The first-order valence-electron chi connectivity index (χ1n) is 9.71. The maximum Gasteiger partial charge on any atom is 0.237 e. The van der Waals surface area contributed by atoms with E-state index in [1.165, 1.54) is 0 Å². The number of aromatic nitrogens is 3. The summed E-state index contributed by atoms with van der Waals surface area (Å²) in [7, 11) is 0. The molecule has 142 valence electrons. The van der Waals surface area contributed by atoms with E-state index < -0.39 is 5.41 Å². The molecule has 0 fully saturated rings. The summed E-state index contributed by atoms with van der Waals surface area (Å²) < 4.78 is 2.01. The van der Waals surface area contributed by atoms with Gasteiger partial charge < -0.3 is 4.90 Å². The van der Waals surface area contributed by atoms with Crippen LogP contribution in [0.15, 0.2) is 42.5 Å². The molecule has 2 aliphatic heterocycles. The highest BCUT2D eigenvalue weighted by Crippen LogP contribution is 2.50. The maximum absolute atomic E-state index is 13.3. The van der Waals surface area contributed by atoms with Gasteiger partial charge in [0.05, 0.1) is 28.9 Å². The molecule has 5 rings (SSSR count). The third kappa shape index (κ3) is 2.10. The summed E-state index contributed by atoms with van der Waals surface area (Å²) in [5.74, 6) is 0.136. The van der Waals surface area contributed by atoms with Crippen molar-refractivity contribution in [3.8, 4) is 22.5 Å². The molecule has 0 saturated heterocycles. The van der Waals surface area contributed by atoms with Gasteiger partial charge in [-0.3, -0.25) is 4.79 Å². The van der Waals surface area contributed by atoms with Crippen molar-refractivity contribution in [2.75, 3.05) is 4.90 Å². The van der Waals surface area contributed by atoms with Gasteiger partial charge in [-0.2, -0.15) is 0 Å². The van der Waals surface area contributed by atoms with Crippen molar-refractivity contribution in [1.82, 2.24) is 15.0 Å². The number of hydrogen-bond acceptors (Lipinski definition) is 3.